The van der Waals surface area contributed by atoms with Crippen LogP contribution >= 0.6 is 0 Å². The lowest BCUT2D eigenvalue weighted by atomic mass is 9.44. The van der Waals surface area contributed by atoms with Crippen molar-refractivity contribution in [1.82, 2.24) is 15.3 Å². The molecule has 69 heavy (non-hydrogen) atoms. The van der Waals surface area contributed by atoms with Gasteiger partial charge in [0.2, 0.25) is 0 Å². The molecular weight excluding hydrogens is 899 g/mol. The lowest BCUT2D eigenvalue weighted by Gasteiger charge is -2.67. The average molecular weight is 950 g/mol. The first-order valence-electron chi connectivity index (χ1n) is 22.2. The third kappa shape index (κ3) is 8.28. The number of amides is 1. The first-order chi connectivity index (χ1) is 32.6. The molecule has 19 heteroatoms. The second-order valence-electron chi connectivity index (χ2n) is 18.7. The number of carbonyl (C=O) groups excluding carboxylic acids is 6. The zero-order chi connectivity index (χ0) is 49.8. The first-order valence-corrected chi connectivity index (χ1v) is 22.2. The molecule has 4 aliphatic rings. The lowest BCUT2D eigenvalue weighted by Crippen LogP contribution is -2.82. The van der Waals surface area contributed by atoms with E-state index in [1.54, 1.807) is 66.7 Å². The minimum absolute atomic E-state index is 0.00491. The Hall–Kier alpha value is -7.06. The number of esters is 4. The summed E-state index contributed by atoms with van der Waals surface area (Å²) in [6.07, 6.45) is -11.7. The maximum absolute atomic E-state index is 15.9. The van der Waals surface area contributed by atoms with E-state index in [1.807, 2.05) is 4.98 Å². The molecule has 1 saturated heterocycles. The Morgan fingerprint density at radius 3 is 2.01 bits per heavy atom. The van der Waals surface area contributed by atoms with E-state index in [9.17, 15) is 48.9 Å². The van der Waals surface area contributed by atoms with Gasteiger partial charge in [0.05, 0.1) is 35.6 Å². The van der Waals surface area contributed by atoms with Gasteiger partial charge in [-0.15, -0.1) is 0 Å². The number of fused-ring (bicyclic) bond motifs is 5. The molecular formula is C50H51N3O16. The van der Waals surface area contributed by atoms with Crippen LogP contribution in [-0.2, 0) is 38.1 Å². The smallest absolute Gasteiger partial charge is 0.356 e. The lowest BCUT2D eigenvalue weighted by molar-refractivity contribution is -0.345. The van der Waals surface area contributed by atoms with Crippen LogP contribution in [0.15, 0.2) is 118 Å². The number of ether oxygens (including phenoxy) is 5. The molecule has 0 spiro atoms. The summed E-state index contributed by atoms with van der Waals surface area (Å²) in [7, 11) is 0. The molecule has 1 aliphatic heterocycles. The van der Waals surface area contributed by atoms with Gasteiger partial charge in [0.25, 0.3) is 11.5 Å². The van der Waals surface area contributed by atoms with E-state index in [-0.39, 0.29) is 28.7 Å². The van der Waals surface area contributed by atoms with Crippen molar-refractivity contribution < 1.29 is 67.8 Å². The van der Waals surface area contributed by atoms with Crippen molar-refractivity contribution in [2.24, 2.45) is 16.7 Å². The van der Waals surface area contributed by atoms with Crippen molar-refractivity contribution in [2.45, 2.75) is 101 Å². The van der Waals surface area contributed by atoms with Gasteiger partial charge in [-0.3, -0.25) is 24.2 Å². The molecule has 1 amide bonds. The summed E-state index contributed by atoms with van der Waals surface area (Å²) in [5, 5.41) is 40.7. The standard InChI is InChI=1S/C50H51N3O16/c1-25-31(66-45(62)37(57)36(27-15-9-6-10-16-27)53-42(59)28-17-11-7-12-18-28)23-50(64)41(68-43(60)29-19-13-8-14-20-29)39-48(5,32(55)22-33-49(39,24-65-33)69-26(2)54)40(58)38(35(25)47(50,3)4)67-44(61)30-21-34(56)52-46(63)51-30/h6-21,31-33,36-39,41,55,57,64H,22-24H2,1-5H3,(H,53,59)(H2,51,52,56,63)/t31-,32-,33+,36-,37+,38+,39?,41-,48+,49-,50+/m0/s1. The molecule has 3 fully saturated rings. The minimum atomic E-state index is -2.55. The molecule has 19 nitrogen and oxygen atoms in total. The molecule has 1 unspecified atom stereocenters. The summed E-state index contributed by atoms with van der Waals surface area (Å²) >= 11 is 0. The fourth-order valence-electron chi connectivity index (χ4n) is 10.8. The van der Waals surface area contributed by atoms with Gasteiger partial charge in [-0.2, -0.15) is 0 Å². The van der Waals surface area contributed by atoms with E-state index < -0.39 is 136 Å². The number of nitrogens with one attached hydrogen (secondary N) is 3. The number of carbonyl (C=O) groups is 6. The average Bonchev–Trinajstić information content (AvgIpc) is 3.31. The number of aromatic amines is 2. The quantitative estimate of drug-likeness (QED) is 0.0715. The van der Waals surface area contributed by atoms with Crippen LogP contribution in [0.2, 0.25) is 0 Å². The van der Waals surface area contributed by atoms with Gasteiger partial charge in [0.15, 0.2) is 23.6 Å². The topological polar surface area (TPSA) is 287 Å². The third-order valence-electron chi connectivity index (χ3n) is 14.4. The summed E-state index contributed by atoms with van der Waals surface area (Å²) < 4.78 is 30.5. The summed E-state index contributed by atoms with van der Waals surface area (Å²) in [5.74, 6) is -7.99. The minimum Gasteiger partial charge on any atom is -0.456 e. The third-order valence-corrected chi connectivity index (χ3v) is 14.4. The number of rotatable bonds is 11. The molecule has 2 bridgehead atoms. The van der Waals surface area contributed by atoms with E-state index in [0.717, 1.165) is 13.0 Å². The number of ketones is 1. The molecule has 1 aromatic heterocycles. The Kier molecular flexibility index (Phi) is 12.7. The SMILES string of the molecule is CC(=O)O[C@@]12CO[C@@H]1C[C@H](O)[C@@]1(C)C(=O)[C@H](OC(=O)c3cc(=O)[nH]c(=O)[nH]3)C3=C(C)[C@@H](OC(=O)[C@H](O)[C@@H](NC(=O)c4ccccc4)c4ccccc4)C[C@@](O)([C@@H](OC(=O)c4ccccc4)C12)C3(C)C. The molecule has 11 atom stereocenters. The van der Waals surface area contributed by atoms with Crippen LogP contribution in [0.4, 0.5) is 0 Å². The van der Waals surface area contributed by atoms with Gasteiger partial charge in [-0.1, -0.05) is 80.6 Å². The number of H-pyrrole nitrogens is 2. The van der Waals surface area contributed by atoms with Crippen LogP contribution in [0.25, 0.3) is 0 Å². The fraction of sp³-hybridized carbons (Fsp3) is 0.400. The monoisotopic (exact) mass is 949 g/mol. The van der Waals surface area contributed by atoms with Gasteiger partial charge < -0.3 is 49.3 Å². The highest BCUT2D eigenvalue weighted by molar-refractivity contribution is 5.98. The predicted molar refractivity (Wildman–Crippen MR) is 239 cm³/mol. The number of aliphatic hydroxyl groups excluding tert-OH is 2. The summed E-state index contributed by atoms with van der Waals surface area (Å²) in [5.41, 5.74) is -11.0. The van der Waals surface area contributed by atoms with Crippen molar-refractivity contribution in [2.75, 3.05) is 6.61 Å². The van der Waals surface area contributed by atoms with Crippen molar-refractivity contribution in [1.29, 1.82) is 0 Å². The molecule has 8 rings (SSSR count). The molecule has 3 aliphatic carbocycles. The number of aliphatic hydroxyl groups is 3. The Morgan fingerprint density at radius 1 is 0.826 bits per heavy atom. The van der Waals surface area contributed by atoms with E-state index in [4.69, 9.17) is 23.7 Å². The second kappa shape index (κ2) is 18.1. The summed E-state index contributed by atoms with van der Waals surface area (Å²) in [6, 6.07) is 23.1. The predicted octanol–water partition coefficient (Wildman–Crippen LogP) is 2.41. The summed E-state index contributed by atoms with van der Waals surface area (Å²) in [6.45, 7) is 6.35. The van der Waals surface area contributed by atoms with Crippen LogP contribution in [0.5, 0.6) is 0 Å². The normalized spacial score (nSPS) is 29.8. The van der Waals surface area contributed by atoms with Crippen molar-refractivity contribution in [3.05, 3.63) is 151 Å². The Labute approximate surface area is 393 Å². The highest BCUT2D eigenvalue weighted by atomic mass is 16.6. The van der Waals surface area contributed by atoms with Crippen LogP contribution in [0.1, 0.15) is 90.3 Å². The Balaban J connectivity index is 1.31. The van der Waals surface area contributed by atoms with Gasteiger partial charge in [-0.05, 0) is 54.8 Å². The molecule has 2 heterocycles. The summed E-state index contributed by atoms with van der Waals surface area (Å²) in [4.78, 5) is 115. The Bertz CT molecular complexity index is 2820. The number of benzene rings is 3. The fourth-order valence-corrected chi connectivity index (χ4v) is 10.8. The van der Waals surface area contributed by atoms with E-state index in [0.29, 0.717) is 5.56 Å². The molecule has 4 aromatic rings. The van der Waals surface area contributed by atoms with Gasteiger partial charge in [0.1, 0.15) is 29.6 Å². The molecule has 3 aromatic carbocycles. The zero-order valence-corrected chi connectivity index (χ0v) is 38.1. The zero-order valence-electron chi connectivity index (χ0n) is 38.1. The van der Waals surface area contributed by atoms with Crippen molar-refractivity contribution in [3.8, 4) is 0 Å². The van der Waals surface area contributed by atoms with Crippen LogP contribution in [0, 0.1) is 16.7 Å². The highest BCUT2D eigenvalue weighted by Crippen LogP contribution is 2.64. The maximum atomic E-state index is 15.9. The largest absolute Gasteiger partial charge is 0.456 e. The van der Waals surface area contributed by atoms with Crippen LogP contribution < -0.4 is 16.6 Å². The highest BCUT2D eigenvalue weighted by Gasteiger charge is 2.78. The molecule has 362 valence electrons. The van der Waals surface area contributed by atoms with E-state index in [2.05, 4.69) is 10.3 Å². The van der Waals surface area contributed by atoms with Gasteiger partial charge in [-0.25, -0.2) is 19.2 Å². The number of Topliss-reactive ketones (excluding diaryl/α,β-unsaturated/α-hetero) is 1. The van der Waals surface area contributed by atoms with E-state index in [1.165, 1.54) is 52.0 Å². The number of hydrogen-bond donors (Lipinski definition) is 6. The maximum Gasteiger partial charge on any atom is 0.356 e. The van der Waals surface area contributed by atoms with Gasteiger partial charge in [0, 0.05) is 36.8 Å². The molecule has 2 saturated carbocycles. The van der Waals surface area contributed by atoms with E-state index >= 15 is 4.79 Å². The first kappa shape index (κ1) is 48.4. The molecule has 0 radical (unpaired) electrons. The van der Waals surface area contributed by atoms with Crippen molar-refractivity contribution >= 4 is 35.6 Å². The molecule has 6 N–H and O–H groups in total. The van der Waals surface area contributed by atoms with Crippen molar-refractivity contribution in [3.63, 3.8) is 0 Å². The van der Waals surface area contributed by atoms with Gasteiger partial charge >= 0.3 is 29.6 Å². The number of hydrogen-bond acceptors (Lipinski definition) is 16. The van der Waals surface area contributed by atoms with Crippen LogP contribution in [-0.4, -0.2) is 115 Å². The second-order valence-corrected chi connectivity index (χ2v) is 18.7. The number of aromatic nitrogens is 2. The van der Waals surface area contributed by atoms with Crippen LogP contribution in [0.3, 0.4) is 0 Å². The Morgan fingerprint density at radius 2 is 1.43 bits per heavy atom.